The molecule has 0 spiro atoms. The lowest BCUT2D eigenvalue weighted by atomic mass is 10.1. The summed E-state index contributed by atoms with van der Waals surface area (Å²) in [7, 11) is 0. The van der Waals surface area contributed by atoms with E-state index in [9.17, 15) is 0 Å². The van der Waals surface area contributed by atoms with Gasteiger partial charge in [-0.15, -0.1) is 11.6 Å². The van der Waals surface area contributed by atoms with Gasteiger partial charge in [0.2, 0.25) is 0 Å². The van der Waals surface area contributed by atoms with Crippen molar-refractivity contribution in [3.8, 4) is 0 Å². The van der Waals surface area contributed by atoms with Crippen molar-refractivity contribution in [1.82, 2.24) is 0 Å². The largest absolute Gasteiger partial charge is 0.122 e. The Morgan fingerprint density at radius 3 is 2.75 bits per heavy atom. The topological polar surface area (TPSA) is 0 Å². The number of alkyl halides is 1. The smallest absolute Gasteiger partial charge is 0.0480 e. The highest BCUT2D eigenvalue weighted by Crippen LogP contribution is 2.15. The van der Waals surface area contributed by atoms with Crippen LogP contribution in [0, 0.1) is 6.07 Å². The molecule has 12 heavy (non-hydrogen) atoms. The average molecular weight is 176 g/mol. The SMILES string of the molecule is ClCc1[c]c2ccccc2cc1. The van der Waals surface area contributed by atoms with E-state index in [0.717, 1.165) is 10.9 Å². The van der Waals surface area contributed by atoms with Crippen LogP contribution in [0.1, 0.15) is 5.56 Å². The molecule has 0 aliphatic heterocycles. The lowest BCUT2D eigenvalue weighted by Crippen LogP contribution is -1.78. The summed E-state index contributed by atoms with van der Waals surface area (Å²) in [6.07, 6.45) is 0. The zero-order valence-corrected chi connectivity index (χ0v) is 7.31. The van der Waals surface area contributed by atoms with Crippen LogP contribution in [-0.4, -0.2) is 0 Å². The van der Waals surface area contributed by atoms with Gasteiger partial charge in [-0.2, -0.15) is 0 Å². The molecule has 1 heteroatoms. The van der Waals surface area contributed by atoms with Gasteiger partial charge in [0.05, 0.1) is 0 Å². The predicted octanol–water partition coefficient (Wildman–Crippen LogP) is 3.38. The lowest BCUT2D eigenvalue weighted by Gasteiger charge is -1.98. The summed E-state index contributed by atoms with van der Waals surface area (Å²) < 4.78 is 0. The molecule has 2 aromatic rings. The molecule has 59 valence electrons. The molecule has 0 aromatic heterocycles. The second-order valence-corrected chi connectivity index (χ2v) is 2.97. The fourth-order valence-corrected chi connectivity index (χ4v) is 1.40. The molecule has 0 N–H and O–H groups in total. The zero-order valence-electron chi connectivity index (χ0n) is 6.55. The van der Waals surface area contributed by atoms with E-state index in [-0.39, 0.29) is 0 Å². The molecule has 0 amide bonds. The van der Waals surface area contributed by atoms with Crippen LogP contribution in [0.5, 0.6) is 0 Å². The van der Waals surface area contributed by atoms with Crippen LogP contribution in [0.3, 0.4) is 0 Å². The Morgan fingerprint density at radius 1 is 1.08 bits per heavy atom. The summed E-state index contributed by atoms with van der Waals surface area (Å²) in [5, 5.41) is 2.35. The summed E-state index contributed by atoms with van der Waals surface area (Å²) in [4.78, 5) is 0. The van der Waals surface area contributed by atoms with Crippen LogP contribution in [-0.2, 0) is 5.88 Å². The van der Waals surface area contributed by atoms with Gasteiger partial charge in [0.15, 0.2) is 0 Å². The minimum atomic E-state index is 0.533. The van der Waals surface area contributed by atoms with E-state index in [2.05, 4.69) is 18.2 Å². The molecule has 0 aliphatic rings. The van der Waals surface area contributed by atoms with Crippen LogP contribution in [0.2, 0.25) is 0 Å². The molecule has 0 unspecified atom stereocenters. The molecule has 0 bridgehead atoms. The summed E-state index contributed by atoms with van der Waals surface area (Å²) in [6, 6.07) is 15.5. The van der Waals surface area contributed by atoms with E-state index in [1.165, 1.54) is 5.39 Å². The Labute approximate surface area is 76.8 Å². The summed E-state index contributed by atoms with van der Waals surface area (Å²) >= 11 is 5.70. The Balaban J connectivity index is 2.67. The fourth-order valence-electron chi connectivity index (χ4n) is 1.24. The Morgan fingerprint density at radius 2 is 1.92 bits per heavy atom. The molecule has 0 saturated heterocycles. The maximum absolute atomic E-state index is 5.70. The van der Waals surface area contributed by atoms with Crippen molar-refractivity contribution in [3.05, 3.63) is 48.0 Å². The van der Waals surface area contributed by atoms with E-state index >= 15 is 0 Å². The Bertz CT molecular complexity index is 393. The predicted molar refractivity (Wildman–Crippen MR) is 52.3 cm³/mol. The average Bonchev–Trinajstić information content (AvgIpc) is 2.17. The van der Waals surface area contributed by atoms with Crippen LogP contribution in [0.25, 0.3) is 10.8 Å². The number of fused-ring (bicyclic) bond motifs is 1. The number of rotatable bonds is 1. The molecule has 2 aromatic carbocycles. The first-order valence-electron chi connectivity index (χ1n) is 3.86. The van der Waals surface area contributed by atoms with Gasteiger partial charge in [-0.1, -0.05) is 36.4 Å². The van der Waals surface area contributed by atoms with Crippen molar-refractivity contribution in [2.24, 2.45) is 0 Å². The van der Waals surface area contributed by atoms with E-state index in [0.29, 0.717) is 5.88 Å². The first-order valence-corrected chi connectivity index (χ1v) is 4.39. The van der Waals surface area contributed by atoms with Gasteiger partial charge < -0.3 is 0 Å². The first-order chi connectivity index (χ1) is 5.90. The quantitative estimate of drug-likeness (QED) is 0.583. The van der Waals surface area contributed by atoms with Crippen molar-refractivity contribution in [2.45, 2.75) is 5.88 Å². The third-order valence-corrected chi connectivity index (χ3v) is 2.15. The van der Waals surface area contributed by atoms with Gasteiger partial charge >= 0.3 is 0 Å². The first kappa shape index (κ1) is 7.63. The van der Waals surface area contributed by atoms with E-state index in [4.69, 9.17) is 11.6 Å². The minimum absolute atomic E-state index is 0.533. The molecule has 0 atom stereocenters. The molecule has 1 radical (unpaired) electrons. The molecular formula is C11H8Cl. The highest BCUT2D eigenvalue weighted by atomic mass is 35.5. The van der Waals surface area contributed by atoms with Gasteiger partial charge in [-0.25, -0.2) is 0 Å². The summed E-state index contributed by atoms with van der Waals surface area (Å²) in [6.45, 7) is 0. The molecule has 0 nitrogen and oxygen atoms in total. The second-order valence-electron chi connectivity index (χ2n) is 2.70. The highest BCUT2D eigenvalue weighted by molar-refractivity contribution is 6.17. The van der Waals surface area contributed by atoms with E-state index in [1.807, 2.05) is 24.3 Å². The Hall–Kier alpha value is -1.01. The number of benzene rings is 2. The fraction of sp³-hybridized carbons (Fsp3) is 0.0909. The third kappa shape index (κ3) is 1.30. The standard InChI is InChI=1S/C11H8Cl/c12-8-9-5-6-10-3-1-2-4-11(10)7-9/h1-6H,8H2. The lowest BCUT2D eigenvalue weighted by molar-refractivity contribution is 1.42. The molecule has 0 aliphatic carbocycles. The highest BCUT2D eigenvalue weighted by Gasteiger charge is 1.93. The van der Waals surface area contributed by atoms with Crippen LogP contribution in [0.15, 0.2) is 36.4 Å². The molecular weight excluding hydrogens is 168 g/mol. The van der Waals surface area contributed by atoms with Crippen LogP contribution in [0.4, 0.5) is 0 Å². The van der Waals surface area contributed by atoms with Crippen LogP contribution >= 0.6 is 11.6 Å². The zero-order chi connectivity index (χ0) is 8.39. The van der Waals surface area contributed by atoms with Gasteiger partial charge in [0.1, 0.15) is 0 Å². The maximum atomic E-state index is 5.70. The van der Waals surface area contributed by atoms with Crippen molar-refractivity contribution in [2.75, 3.05) is 0 Å². The molecule has 0 saturated carbocycles. The number of hydrogen-bond acceptors (Lipinski definition) is 0. The van der Waals surface area contributed by atoms with Gasteiger partial charge in [-0.3, -0.25) is 0 Å². The van der Waals surface area contributed by atoms with Crippen molar-refractivity contribution in [1.29, 1.82) is 0 Å². The van der Waals surface area contributed by atoms with Crippen molar-refractivity contribution < 1.29 is 0 Å². The monoisotopic (exact) mass is 175 g/mol. The molecule has 0 heterocycles. The Kier molecular flexibility index (Phi) is 2.01. The second kappa shape index (κ2) is 3.16. The molecule has 0 fully saturated rings. The van der Waals surface area contributed by atoms with Gasteiger partial charge in [0.25, 0.3) is 0 Å². The van der Waals surface area contributed by atoms with Gasteiger partial charge in [0, 0.05) is 5.88 Å². The van der Waals surface area contributed by atoms with E-state index < -0.39 is 0 Å². The molecule has 2 rings (SSSR count). The van der Waals surface area contributed by atoms with Crippen molar-refractivity contribution >= 4 is 22.4 Å². The summed E-state index contributed by atoms with van der Waals surface area (Å²) in [5.74, 6) is 0.533. The van der Waals surface area contributed by atoms with E-state index in [1.54, 1.807) is 0 Å². The normalized spacial score (nSPS) is 10.4. The third-order valence-electron chi connectivity index (χ3n) is 1.86. The van der Waals surface area contributed by atoms with Crippen molar-refractivity contribution in [3.63, 3.8) is 0 Å². The van der Waals surface area contributed by atoms with Crippen LogP contribution < -0.4 is 0 Å². The maximum Gasteiger partial charge on any atom is 0.0480 e. The number of halogens is 1. The minimum Gasteiger partial charge on any atom is -0.122 e. The van der Waals surface area contributed by atoms with Gasteiger partial charge in [-0.05, 0) is 22.4 Å². The number of hydrogen-bond donors (Lipinski definition) is 0. The summed E-state index contributed by atoms with van der Waals surface area (Å²) in [5.41, 5.74) is 1.05.